The number of hydrogen-bond acceptors (Lipinski definition) is 6. The first-order chi connectivity index (χ1) is 6.77. The van der Waals surface area contributed by atoms with E-state index >= 15 is 0 Å². The first kappa shape index (κ1) is 19.1. The molecule has 0 amide bonds. The molecule has 0 saturated heterocycles. The highest BCUT2D eigenvalue weighted by molar-refractivity contribution is 5.64. The summed E-state index contributed by atoms with van der Waals surface area (Å²) in [6, 6.07) is 0. The van der Waals surface area contributed by atoms with E-state index in [9.17, 15) is 19.8 Å². The van der Waals surface area contributed by atoms with Gasteiger partial charge in [0.1, 0.15) is 0 Å². The summed E-state index contributed by atoms with van der Waals surface area (Å²) in [5, 5.41) is 27.6. The van der Waals surface area contributed by atoms with Crippen LogP contribution in [0.5, 0.6) is 0 Å². The van der Waals surface area contributed by atoms with Gasteiger partial charge >= 0.3 is 0 Å². The highest BCUT2D eigenvalue weighted by atomic mass is 16.4. The summed E-state index contributed by atoms with van der Waals surface area (Å²) in [4.78, 5) is 27.6. The fourth-order valence-electron chi connectivity index (χ4n) is 0.204. The Morgan fingerprint density at radius 1 is 0.933 bits per heavy atom. The van der Waals surface area contributed by atoms with Crippen molar-refractivity contribution in [1.29, 1.82) is 0 Å². The molecule has 0 aliphatic carbocycles. The number of aliphatic carboxylic acids is 3. The molecule has 0 atom stereocenters. The summed E-state index contributed by atoms with van der Waals surface area (Å²) in [6.07, 6.45) is 0.961. The number of rotatable bonds is 3. The van der Waals surface area contributed by atoms with Crippen molar-refractivity contribution in [2.45, 2.75) is 40.0 Å². The number of carboxylic acids is 3. The molecule has 0 N–H and O–H groups in total. The zero-order chi connectivity index (χ0) is 12.9. The van der Waals surface area contributed by atoms with E-state index in [0.29, 0.717) is 6.42 Å². The molecule has 6 nitrogen and oxygen atoms in total. The maximum Gasteiger partial charge on any atom is 0.0414 e. The van der Waals surface area contributed by atoms with Gasteiger partial charge in [0.15, 0.2) is 0 Å². The van der Waals surface area contributed by atoms with Crippen LogP contribution in [0.15, 0.2) is 0 Å². The van der Waals surface area contributed by atoms with Crippen LogP contribution >= 0.6 is 0 Å². The van der Waals surface area contributed by atoms with E-state index in [0.717, 1.165) is 6.92 Å². The lowest BCUT2D eigenvalue weighted by Crippen LogP contribution is -2.20. The van der Waals surface area contributed by atoms with Crippen molar-refractivity contribution in [1.82, 2.24) is 0 Å². The second-order valence-electron chi connectivity index (χ2n) is 2.34. The zero-order valence-electron chi connectivity index (χ0n) is 9.07. The Hall–Kier alpha value is -1.59. The van der Waals surface area contributed by atoms with E-state index in [2.05, 4.69) is 0 Å². The minimum Gasteiger partial charge on any atom is -0.550 e. The van der Waals surface area contributed by atoms with E-state index in [1.54, 1.807) is 6.92 Å². The van der Waals surface area contributed by atoms with Gasteiger partial charge in [-0.1, -0.05) is 20.3 Å². The standard InChI is InChI=1S/C4H8O2.C3H6O2.C2H4O2/c1-2-3-4(5)6;1-2-3(4)5;1-2(3)4/h2-3H2,1H3,(H,5,6);2H2,1H3,(H,4,5);1H3,(H,3,4)/p-3. The lowest BCUT2D eigenvalue weighted by molar-refractivity contribution is -0.306. The van der Waals surface area contributed by atoms with Crippen LogP contribution < -0.4 is 15.3 Å². The normalized spacial score (nSPS) is 7.40. The zero-order valence-corrected chi connectivity index (χ0v) is 9.07. The van der Waals surface area contributed by atoms with E-state index in [1.807, 2.05) is 0 Å². The third-order valence-electron chi connectivity index (χ3n) is 0.743. The molecule has 0 aromatic carbocycles. The molecule has 0 bridgehead atoms. The number of hydrogen-bond donors (Lipinski definition) is 0. The van der Waals surface area contributed by atoms with Gasteiger partial charge in [-0.2, -0.15) is 0 Å². The third kappa shape index (κ3) is 116. The van der Waals surface area contributed by atoms with Crippen LogP contribution in [0.1, 0.15) is 40.0 Å². The van der Waals surface area contributed by atoms with Gasteiger partial charge in [-0.3, -0.25) is 0 Å². The van der Waals surface area contributed by atoms with Crippen molar-refractivity contribution in [2.24, 2.45) is 0 Å². The van der Waals surface area contributed by atoms with Crippen molar-refractivity contribution in [3.05, 3.63) is 0 Å². The molecule has 15 heavy (non-hydrogen) atoms. The molecule has 0 radical (unpaired) electrons. The van der Waals surface area contributed by atoms with E-state index < -0.39 is 17.9 Å². The average Bonchev–Trinajstić information content (AvgIpc) is 2.03. The lowest BCUT2D eigenvalue weighted by Gasteiger charge is -1.92. The fraction of sp³-hybridized carbons (Fsp3) is 0.667. The Morgan fingerprint density at radius 3 is 1.20 bits per heavy atom. The van der Waals surface area contributed by atoms with Crippen LogP contribution in [0.2, 0.25) is 0 Å². The SMILES string of the molecule is CC(=O)[O-].CCC(=O)[O-].CCCC(=O)[O-]. The number of carbonyl (C=O) groups excluding carboxylic acids is 3. The van der Waals surface area contributed by atoms with Crippen LogP contribution in [0.3, 0.4) is 0 Å². The first-order valence-electron chi connectivity index (χ1n) is 4.35. The van der Waals surface area contributed by atoms with Gasteiger partial charge in [0.25, 0.3) is 0 Å². The summed E-state index contributed by atoms with van der Waals surface area (Å²) in [6.45, 7) is 4.31. The first-order valence-corrected chi connectivity index (χ1v) is 4.35. The van der Waals surface area contributed by atoms with Crippen LogP contribution in [0.25, 0.3) is 0 Å². The van der Waals surface area contributed by atoms with Crippen LogP contribution in [-0.4, -0.2) is 17.9 Å². The summed E-state index contributed by atoms with van der Waals surface area (Å²) in [5.74, 6) is -3.04. The van der Waals surface area contributed by atoms with Gasteiger partial charge in [-0.15, -0.1) is 0 Å². The van der Waals surface area contributed by atoms with Gasteiger partial charge < -0.3 is 29.7 Å². The molecular formula is C9H15O6-3. The highest BCUT2D eigenvalue weighted by Gasteiger charge is 1.75. The number of carboxylic acid groups (broad SMARTS) is 3. The van der Waals surface area contributed by atoms with Gasteiger partial charge in [0.05, 0.1) is 0 Å². The van der Waals surface area contributed by atoms with E-state index in [-0.39, 0.29) is 12.8 Å². The molecule has 0 rings (SSSR count). The van der Waals surface area contributed by atoms with Crippen LogP contribution in [-0.2, 0) is 14.4 Å². The minimum absolute atomic E-state index is 0.111. The topological polar surface area (TPSA) is 120 Å². The number of carbonyl (C=O) groups is 3. The van der Waals surface area contributed by atoms with Gasteiger partial charge in [0, 0.05) is 17.9 Å². The monoisotopic (exact) mass is 219 g/mol. The maximum atomic E-state index is 9.49. The molecule has 6 heteroatoms. The van der Waals surface area contributed by atoms with Gasteiger partial charge in [-0.25, -0.2) is 0 Å². The molecule has 90 valence electrons. The third-order valence-corrected chi connectivity index (χ3v) is 0.743. The molecule has 0 heterocycles. The summed E-state index contributed by atoms with van der Waals surface area (Å²) >= 11 is 0. The second kappa shape index (κ2) is 14.9. The van der Waals surface area contributed by atoms with E-state index in [4.69, 9.17) is 9.90 Å². The molecule has 0 saturated carbocycles. The molecule has 0 aliphatic heterocycles. The second-order valence-corrected chi connectivity index (χ2v) is 2.34. The van der Waals surface area contributed by atoms with E-state index in [1.165, 1.54) is 6.92 Å². The Kier molecular flexibility index (Phi) is 18.9. The largest absolute Gasteiger partial charge is 0.550 e. The Morgan fingerprint density at radius 2 is 1.20 bits per heavy atom. The molecule has 0 aliphatic rings. The fourth-order valence-corrected chi connectivity index (χ4v) is 0.204. The average molecular weight is 219 g/mol. The van der Waals surface area contributed by atoms with Crippen molar-refractivity contribution >= 4 is 17.9 Å². The van der Waals surface area contributed by atoms with Crippen LogP contribution in [0, 0.1) is 0 Å². The molecule has 0 fully saturated rings. The summed E-state index contributed by atoms with van der Waals surface area (Å²) < 4.78 is 0. The Balaban J connectivity index is -0.000000147. The Bertz CT molecular complexity index is 183. The van der Waals surface area contributed by atoms with Gasteiger partial charge in [-0.05, 0) is 19.8 Å². The molecular weight excluding hydrogens is 204 g/mol. The quantitative estimate of drug-likeness (QED) is 0.514. The lowest BCUT2D eigenvalue weighted by atomic mass is 10.4. The molecule has 0 aromatic heterocycles. The highest BCUT2D eigenvalue weighted by Crippen LogP contribution is 1.79. The minimum atomic E-state index is -1.08. The summed E-state index contributed by atoms with van der Waals surface area (Å²) in [5.41, 5.74) is 0. The van der Waals surface area contributed by atoms with Crippen molar-refractivity contribution in [3.63, 3.8) is 0 Å². The van der Waals surface area contributed by atoms with Gasteiger partial charge in [0.2, 0.25) is 0 Å². The predicted octanol–water partition coefficient (Wildman–Crippen LogP) is -2.56. The Labute approximate surface area is 88.5 Å². The maximum absolute atomic E-state index is 9.49. The smallest absolute Gasteiger partial charge is 0.0414 e. The van der Waals surface area contributed by atoms with Crippen molar-refractivity contribution in [2.75, 3.05) is 0 Å². The molecule has 0 spiro atoms. The summed E-state index contributed by atoms with van der Waals surface area (Å²) in [7, 11) is 0. The molecule has 0 aromatic rings. The van der Waals surface area contributed by atoms with Crippen LogP contribution in [0.4, 0.5) is 0 Å². The predicted molar refractivity (Wildman–Crippen MR) is 45.9 cm³/mol. The molecule has 0 unspecified atom stereocenters. The van der Waals surface area contributed by atoms with Crippen molar-refractivity contribution in [3.8, 4) is 0 Å². The van der Waals surface area contributed by atoms with Crippen molar-refractivity contribution < 1.29 is 29.7 Å².